The number of urea groups is 1. The number of benzene rings is 1. The van der Waals surface area contributed by atoms with E-state index in [2.05, 4.69) is 31.5 Å². The van der Waals surface area contributed by atoms with E-state index in [0.717, 1.165) is 98.6 Å². The first-order valence-electron chi connectivity index (χ1n) is 16.4. The zero-order valence-corrected chi connectivity index (χ0v) is 27.2. The van der Waals surface area contributed by atoms with Crippen LogP contribution in [0.1, 0.15) is 56.9 Å². The van der Waals surface area contributed by atoms with Crippen LogP contribution in [0.4, 0.5) is 14.9 Å². The Labute approximate surface area is 278 Å². The molecule has 0 atom stereocenters. The summed E-state index contributed by atoms with van der Waals surface area (Å²) in [4.78, 5) is 37.8. The molecule has 47 heavy (non-hydrogen) atoms. The molecule has 4 heterocycles. The van der Waals surface area contributed by atoms with Gasteiger partial charge >= 0.3 is 12.0 Å². The van der Waals surface area contributed by atoms with Crippen LogP contribution in [-0.2, 0) is 11.3 Å². The maximum atomic E-state index is 14.9. The van der Waals surface area contributed by atoms with Gasteiger partial charge in [-0.2, -0.15) is 0 Å². The van der Waals surface area contributed by atoms with Crippen molar-refractivity contribution in [3.8, 4) is 22.1 Å². The molecule has 10 nitrogen and oxygen atoms in total. The number of anilines is 1. The van der Waals surface area contributed by atoms with Gasteiger partial charge in [0.1, 0.15) is 5.75 Å². The average Bonchev–Trinajstić information content (AvgIpc) is 3.76. The van der Waals surface area contributed by atoms with Crippen molar-refractivity contribution >= 4 is 39.2 Å². The number of aromatic nitrogens is 2. The van der Waals surface area contributed by atoms with Crippen molar-refractivity contribution in [3.05, 3.63) is 66.2 Å². The molecular weight excluding hydrogens is 619 g/mol. The van der Waals surface area contributed by atoms with Crippen LogP contribution in [-0.4, -0.2) is 75.6 Å². The first kappa shape index (κ1) is 32.8. The van der Waals surface area contributed by atoms with Crippen molar-refractivity contribution in [2.45, 2.75) is 64.0 Å². The third kappa shape index (κ3) is 9.46. The fourth-order valence-electron chi connectivity index (χ4n) is 5.72. The summed E-state index contributed by atoms with van der Waals surface area (Å²) in [7, 11) is 0. The number of fused-ring (bicyclic) bond motifs is 1. The van der Waals surface area contributed by atoms with Gasteiger partial charge in [0.25, 0.3) is 0 Å². The minimum absolute atomic E-state index is 0.0638. The molecule has 3 aromatic heterocycles. The summed E-state index contributed by atoms with van der Waals surface area (Å²) in [6.45, 7) is 6.15. The third-order valence-corrected chi connectivity index (χ3v) is 9.67. The van der Waals surface area contributed by atoms with Crippen LogP contribution < -0.4 is 15.4 Å². The predicted octanol–water partition coefficient (Wildman–Crippen LogP) is 7.12. The number of nitrogens with zero attached hydrogens (tertiary/aromatic N) is 4. The van der Waals surface area contributed by atoms with Crippen LogP contribution in [0, 0.1) is 5.82 Å². The van der Waals surface area contributed by atoms with E-state index in [1.807, 2.05) is 18.3 Å². The summed E-state index contributed by atoms with van der Waals surface area (Å²) in [5.41, 5.74) is 3.13. The first-order chi connectivity index (χ1) is 22.9. The minimum Gasteiger partial charge on any atom is -0.481 e. The Hall–Kier alpha value is -4.13. The number of piperazine rings is 1. The number of carboxylic acid groups (broad SMARTS) is 1. The number of ether oxygens (including phenoxy) is 1. The SMILES string of the molecule is O=C(O)CCCCCCCN1CCN(Cc2ccc(-c3cc4nccc(Oc5ccc(NC(=O)NC6CC6)cc5F)c4s3)nc2)CC1. The van der Waals surface area contributed by atoms with Gasteiger partial charge in [0.15, 0.2) is 11.6 Å². The molecule has 1 aliphatic heterocycles. The van der Waals surface area contributed by atoms with Gasteiger partial charge in [0.05, 0.1) is 20.8 Å². The van der Waals surface area contributed by atoms with E-state index in [9.17, 15) is 14.0 Å². The van der Waals surface area contributed by atoms with E-state index in [0.29, 0.717) is 11.4 Å². The van der Waals surface area contributed by atoms with Gasteiger partial charge in [-0.1, -0.05) is 25.3 Å². The Morgan fingerprint density at radius 3 is 2.47 bits per heavy atom. The lowest BCUT2D eigenvalue weighted by atomic mass is 10.1. The number of hydrogen-bond donors (Lipinski definition) is 3. The molecule has 0 radical (unpaired) electrons. The lowest BCUT2D eigenvalue weighted by molar-refractivity contribution is -0.137. The van der Waals surface area contributed by atoms with E-state index in [4.69, 9.17) is 14.8 Å². The number of carboxylic acids is 1. The van der Waals surface area contributed by atoms with Crippen molar-refractivity contribution in [1.82, 2.24) is 25.1 Å². The number of unbranched alkanes of at least 4 members (excludes halogenated alkanes) is 4. The first-order valence-corrected chi connectivity index (χ1v) is 17.3. The molecule has 6 rings (SSSR count). The van der Waals surface area contributed by atoms with Crippen molar-refractivity contribution in [2.24, 2.45) is 0 Å². The highest BCUT2D eigenvalue weighted by atomic mass is 32.1. The number of carbonyl (C=O) groups is 2. The Morgan fingerprint density at radius 2 is 1.72 bits per heavy atom. The zero-order valence-electron chi connectivity index (χ0n) is 26.4. The second kappa shape index (κ2) is 15.6. The fraction of sp³-hybridized carbons (Fsp3) is 0.429. The van der Waals surface area contributed by atoms with Crippen LogP contribution in [0.15, 0.2) is 54.9 Å². The molecule has 3 N–H and O–H groups in total. The highest BCUT2D eigenvalue weighted by molar-refractivity contribution is 7.22. The molecule has 0 spiro atoms. The zero-order chi connectivity index (χ0) is 32.6. The minimum atomic E-state index is -0.700. The molecule has 2 aliphatic rings. The largest absolute Gasteiger partial charge is 0.481 e. The Morgan fingerprint density at radius 1 is 0.936 bits per heavy atom. The van der Waals surface area contributed by atoms with E-state index < -0.39 is 11.8 Å². The molecule has 2 fully saturated rings. The summed E-state index contributed by atoms with van der Waals surface area (Å²) in [5, 5.41) is 14.2. The van der Waals surface area contributed by atoms with Gasteiger partial charge in [0.2, 0.25) is 0 Å². The normalized spacial score (nSPS) is 15.5. The highest BCUT2D eigenvalue weighted by Gasteiger charge is 2.23. The van der Waals surface area contributed by atoms with Gasteiger partial charge in [0, 0.05) is 75.4 Å². The molecule has 12 heteroatoms. The van der Waals surface area contributed by atoms with Crippen molar-refractivity contribution < 1.29 is 23.8 Å². The topological polar surface area (TPSA) is 120 Å². The summed E-state index contributed by atoms with van der Waals surface area (Å²) < 4.78 is 21.7. The van der Waals surface area contributed by atoms with E-state index in [1.54, 1.807) is 18.3 Å². The molecule has 0 bridgehead atoms. The maximum absolute atomic E-state index is 14.9. The highest BCUT2D eigenvalue weighted by Crippen LogP contribution is 2.39. The van der Waals surface area contributed by atoms with E-state index in [-0.39, 0.29) is 24.2 Å². The number of carbonyl (C=O) groups excluding carboxylic acids is 1. The van der Waals surface area contributed by atoms with Crippen LogP contribution >= 0.6 is 11.3 Å². The molecule has 1 aliphatic carbocycles. The van der Waals surface area contributed by atoms with E-state index >= 15 is 0 Å². The van der Waals surface area contributed by atoms with Crippen LogP contribution in [0.25, 0.3) is 20.8 Å². The Kier molecular flexibility index (Phi) is 10.9. The summed E-state index contributed by atoms with van der Waals surface area (Å²) in [6, 6.07) is 12.1. The molecule has 4 aromatic rings. The molecule has 1 saturated heterocycles. The number of halogens is 1. The molecule has 1 saturated carbocycles. The van der Waals surface area contributed by atoms with Crippen LogP contribution in [0.2, 0.25) is 0 Å². The second-order valence-corrected chi connectivity index (χ2v) is 13.4. The molecule has 1 aromatic carbocycles. The van der Waals surface area contributed by atoms with Gasteiger partial charge in [-0.05, 0) is 62.1 Å². The summed E-state index contributed by atoms with van der Waals surface area (Å²) >= 11 is 1.50. The van der Waals surface area contributed by atoms with Gasteiger partial charge in [-0.15, -0.1) is 11.3 Å². The third-order valence-electron chi connectivity index (χ3n) is 8.51. The number of nitrogens with one attached hydrogen (secondary N) is 2. The van der Waals surface area contributed by atoms with Crippen molar-refractivity contribution in [1.29, 1.82) is 0 Å². The van der Waals surface area contributed by atoms with Crippen LogP contribution in [0.3, 0.4) is 0 Å². The summed E-state index contributed by atoms with van der Waals surface area (Å²) in [6.07, 6.45) is 11.0. The maximum Gasteiger partial charge on any atom is 0.319 e. The number of pyridine rings is 2. The predicted molar refractivity (Wildman–Crippen MR) is 182 cm³/mol. The number of aliphatic carboxylic acids is 1. The van der Waals surface area contributed by atoms with Crippen molar-refractivity contribution in [3.63, 3.8) is 0 Å². The number of hydrogen-bond acceptors (Lipinski definition) is 8. The average molecular weight is 661 g/mol. The Bertz CT molecular complexity index is 1670. The monoisotopic (exact) mass is 660 g/mol. The summed E-state index contributed by atoms with van der Waals surface area (Å²) in [5.74, 6) is -0.706. The lowest BCUT2D eigenvalue weighted by Gasteiger charge is -2.34. The Balaban J connectivity index is 0.989. The molecule has 248 valence electrons. The fourth-order valence-corrected chi connectivity index (χ4v) is 6.76. The molecule has 2 amide bonds. The van der Waals surface area contributed by atoms with Crippen LogP contribution in [0.5, 0.6) is 11.5 Å². The molecule has 0 unspecified atom stereocenters. The quantitative estimate of drug-likeness (QED) is 0.115. The van der Waals surface area contributed by atoms with Gasteiger partial charge < -0.3 is 25.4 Å². The van der Waals surface area contributed by atoms with E-state index in [1.165, 1.54) is 35.5 Å². The van der Waals surface area contributed by atoms with Gasteiger partial charge in [-0.25, -0.2) is 9.18 Å². The number of rotatable bonds is 15. The lowest BCUT2D eigenvalue weighted by Crippen LogP contribution is -2.46. The number of amides is 2. The molecular formula is C35H41FN6O4S. The smallest absolute Gasteiger partial charge is 0.319 e. The van der Waals surface area contributed by atoms with Gasteiger partial charge in [-0.3, -0.25) is 19.7 Å². The van der Waals surface area contributed by atoms with Crippen molar-refractivity contribution in [2.75, 3.05) is 38.0 Å². The second-order valence-electron chi connectivity index (χ2n) is 12.3. The standard InChI is InChI=1S/C35H41FN6O4S/c36-27-20-26(40-35(45)39-25-8-9-25)10-12-30(27)46-31-13-14-37-29-21-32(47-34(29)31)28-11-7-24(22-38-28)23-42-18-16-41(17-19-42)15-5-3-1-2-4-6-33(43)44/h7,10-14,20-22,25H,1-6,8-9,15-19,23H2,(H,43,44)(H2,39,40,45). The number of thiophene rings is 1.